The summed E-state index contributed by atoms with van der Waals surface area (Å²) >= 11 is 1.11. The molecule has 2 amide bonds. The van der Waals surface area contributed by atoms with Gasteiger partial charge >= 0.3 is 0 Å². The molecule has 0 aromatic heterocycles. The third kappa shape index (κ3) is 4.95. The lowest BCUT2D eigenvalue weighted by Gasteiger charge is -2.31. The van der Waals surface area contributed by atoms with Crippen LogP contribution in [0, 0.1) is 17.2 Å². The van der Waals surface area contributed by atoms with E-state index in [4.69, 9.17) is 10.5 Å². The first-order valence-electron chi connectivity index (χ1n) is 9.55. The molecule has 158 valence electrons. The molecule has 2 aromatic carbocycles. The quantitative estimate of drug-likeness (QED) is 0.692. The molecule has 2 aromatic rings. The number of para-hydroxylation sites is 2. The Morgan fingerprint density at radius 3 is 2.52 bits per heavy atom. The molecule has 1 heterocycles. The summed E-state index contributed by atoms with van der Waals surface area (Å²) in [6.07, 6.45) is 0. The third-order valence-corrected chi connectivity index (χ3v) is 5.89. The molecule has 3 N–H and O–H groups in total. The summed E-state index contributed by atoms with van der Waals surface area (Å²) in [4.78, 5) is 29.2. The standard InChI is InChI=1S/C23H22N4O3S/c1-14-20(22(29)27-17-10-6-7-11-18(17)30-2)21(15-8-4-3-5-9-15)16(12-24)23(26-14)31-13-19(25)28/h3-11,20-21H,13H2,1-2H3,(H2,25,28)(H,27,29). The molecular weight excluding hydrogens is 412 g/mol. The topological polar surface area (TPSA) is 118 Å². The van der Waals surface area contributed by atoms with Crippen molar-refractivity contribution in [2.24, 2.45) is 16.6 Å². The molecular formula is C23H22N4O3S. The van der Waals surface area contributed by atoms with E-state index in [1.54, 1.807) is 25.1 Å². The van der Waals surface area contributed by atoms with E-state index in [9.17, 15) is 14.9 Å². The Bertz CT molecular complexity index is 1090. The van der Waals surface area contributed by atoms with Gasteiger partial charge in [-0.3, -0.25) is 9.59 Å². The van der Waals surface area contributed by atoms with Crippen LogP contribution in [0.3, 0.4) is 0 Å². The van der Waals surface area contributed by atoms with Crippen LogP contribution < -0.4 is 15.8 Å². The fourth-order valence-electron chi connectivity index (χ4n) is 3.52. The Morgan fingerprint density at radius 2 is 1.87 bits per heavy atom. The molecule has 8 heteroatoms. The molecule has 1 aliphatic heterocycles. The molecule has 0 aliphatic carbocycles. The Morgan fingerprint density at radius 1 is 1.19 bits per heavy atom. The van der Waals surface area contributed by atoms with Crippen molar-refractivity contribution in [3.63, 3.8) is 0 Å². The van der Waals surface area contributed by atoms with E-state index < -0.39 is 17.7 Å². The maximum atomic E-state index is 13.4. The zero-order valence-electron chi connectivity index (χ0n) is 17.2. The van der Waals surface area contributed by atoms with Gasteiger partial charge in [-0.15, -0.1) is 0 Å². The lowest BCUT2D eigenvalue weighted by molar-refractivity contribution is -0.118. The minimum Gasteiger partial charge on any atom is -0.495 e. The van der Waals surface area contributed by atoms with Crippen LogP contribution >= 0.6 is 11.8 Å². The zero-order valence-corrected chi connectivity index (χ0v) is 18.0. The van der Waals surface area contributed by atoms with E-state index >= 15 is 0 Å². The largest absolute Gasteiger partial charge is 0.495 e. The fourth-order valence-corrected chi connectivity index (χ4v) is 4.33. The summed E-state index contributed by atoms with van der Waals surface area (Å²) in [6, 6.07) is 18.7. The minimum atomic E-state index is -0.708. The summed E-state index contributed by atoms with van der Waals surface area (Å²) in [5, 5.41) is 13.3. The lowest BCUT2D eigenvalue weighted by atomic mass is 9.77. The molecule has 0 bridgehead atoms. The Labute approximate surface area is 185 Å². The van der Waals surface area contributed by atoms with E-state index in [0.717, 1.165) is 17.3 Å². The molecule has 0 saturated carbocycles. The first-order valence-corrected chi connectivity index (χ1v) is 10.5. The van der Waals surface area contributed by atoms with Gasteiger partial charge in [-0.2, -0.15) is 5.26 Å². The highest BCUT2D eigenvalue weighted by molar-refractivity contribution is 8.03. The number of nitriles is 1. The summed E-state index contributed by atoms with van der Waals surface area (Å²) in [7, 11) is 1.53. The van der Waals surface area contributed by atoms with Crippen molar-refractivity contribution in [3.05, 3.63) is 70.8 Å². The number of amides is 2. The summed E-state index contributed by atoms with van der Waals surface area (Å²) < 4.78 is 5.33. The van der Waals surface area contributed by atoms with Crippen molar-refractivity contribution in [1.29, 1.82) is 5.26 Å². The van der Waals surface area contributed by atoms with E-state index in [0.29, 0.717) is 27.8 Å². The zero-order chi connectivity index (χ0) is 22.4. The second-order valence-corrected chi connectivity index (χ2v) is 7.86. The van der Waals surface area contributed by atoms with Crippen molar-refractivity contribution in [1.82, 2.24) is 0 Å². The van der Waals surface area contributed by atoms with Gasteiger partial charge in [0, 0.05) is 11.6 Å². The van der Waals surface area contributed by atoms with Crippen LogP contribution in [-0.4, -0.2) is 30.4 Å². The minimum absolute atomic E-state index is 0.00309. The molecule has 0 saturated heterocycles. The fraction of sp³-hybridized carbons (Fsp3) is 0.217. The lowest BCUT2D eigenvalue weighted by Crippen LogP contribution is -2.36. The number of anilines is 1. The van der Waals surface area contributed by atoms with E-state index in [-0.39, 0.29) is 11.7 Å². The van der Waals surface area contributed by atoms with Gasteiger partial charge in [0.2, 0.25) is 11.8 Å². The molecule has 31 heavy (non-hydrogen) atoms. The average molecular weight is 435 g/mol. The molecule has 0 radical (unpaired) electrons. The number of rotatable bonds is 7. The number of ether oxygens (including phenoxy) is 1. The highest BCUT2D eigenvalue weighted by atomic mass is 32.2. The van der Waals surface area contributed by atoms with Gasteiger partial charge in [0.05, 0.1) is 36.1 Å². The third-order valence-electron chi connectivity index (χ3n) is 4.88. The van der Waals surface area contributed by atoms with Gasteiger partial charge in [-0.05, 0) is 24.6 Å². The first kappa shape index (κ1) is 22.1. The second-order valence-electron chi connectivity index (χ2n) is 6.89. The number of carbonyl (C=O) groups excluding carboxylic acids is 2. The van der Waals surface area contributed by atoms with Gasteiger partial charge in [0.25, 0.3) is 0 Å². The van der Waals surface area contributed by atoms with Crippen molar-refractivity contribution in [2.45, 2.75) is 12.8 Å². The van der Waals surface area contributed by atoms with Crippen molar-refractivity contribution in [3.8, 4) is 11.8 Å². The first-order chi connectivity index (χ1) is 15.0. The number of nitrogens with two attached hydrogens (primary N) is 1. The number of thioether (sulfide) groups is 1. The normalized spacial score (nSPS) is 18.0. The Hall–Kier alpha value is -3.57. The number of carbonyl (C=O) groups is 2. The van der Waals surface area contributed by atoms with Gasteiger partial charge < -0.3 is 15.8 Å². The van der Waals surface area contributed by atoms with Crippen LogP contribution in [0.25, 0.3) is 0 Å². The Balaban J connectivity index is 2.04. The van der Waals surface area contributed by atoms with Crippen LogP contribution in [0.5, 0.6) is 5.75 Å². The number of nitrogens with zero attached hydrogens (tertiary/aromatic N) is 2. The number of hydrogen-bond acceptors (Lipinski definition) is 6. The molecule has 1 aliphatic rings. The molecule has 2 unspecified atom stereocenters. The van der Waals surface area contributed by atoms with Gasteiger partial charge in [-0.25, -0.2) is 4.99 Å². The van der Waals surface area contributed by atoms with Crippen molar-refractivity contribution in [2.75, 3.05) is 18.2 Å². The number of hydrogen-bond donors (Lipinski definition) is 2. The highest BCUT2D eigenvalue weighted by Gasteiger charge is 2.39. The van der Waals surface area contributed by atoms with Crippen LogP contribution in [0.15, 0.2) is 70.2 Å². The van der Waals surface area contributed by atoms with Gasteiger partial charge in [-0.1, -0.05) is 54.2 Å². The van der Waals surface area contributed by atoms with E-state index in [1.165, 1.54) is 7.11 Å². The average Bonchev–Trinajstić information content (AvgIpc) is 2.77. The SMILES string of the molecule is COc1ccccc1NC(=O)C1C(C)=NC(SCC(N)=O)=C(C#N)C1c1ccccc1. The number of methoxy groups -OCH3 is 1. The predicted molar refractivity (Wildman–Crippen MR) is 122 cm³/mol. The number of aliphatic imine (C=N–C) groups is 1. The molecule has 3 rings (SSSR count). The summed E-state index contributed by atoms with van der Waals surface area (Å²) in [6.45, 7) is 1.75. The predicted octanol–water partition coefficient (Wildman–Crippen LogP) is 3.46. The number of nitrogens with one attached hydrogen (secondary N) is 1. The number of benzene rings is 2. The van der Waals surface area contributed by atoms with Crippen molar-refractivity contribution < 1.29 is 14.3 Å². The smallest absolute Gasteiger partial charge is 0.234 e. The van der Waals surface area contributed by atoms with Gasteiger partial charge in [0.15, 0.2) is 0 Å². The van der Waals surface area contributed by atoms with E-state index in [2.05, 4.69) is 16.4 Å². The van der Waals surface area contributed by atoms with Crippen LogP contribution in [0.4, 0.5) is 5.69 Å². The van der Waals surface area contributed by atoms with Crippen molar-refractivity contribution >= 4 is 35.0 Å². The van der Waals surface area contributed by atoms with Gasteiger partial charge in [0.1, 0.15) is 10.8 Å². The second kappa shape index (κ2) is 9.96. The van der Waals surface area contributed by atoms with Crippen LogP contribution in [0.2, 0.25) is 0 Å². The summed E-state index contributed by atoms with van der Waals surface area (Å²) in [5.41, 5.74) is 7.50. The molecule has 0 spiro atoms. The van der Waals surface area contributed by atoms with Crippen LogP contribution in [-0.2, 0) is 9.59 Å². The Kier molecular flexibility index (Phi) is 7.11. The van der Waals surface area contributed by atoms with Crippen LogP contribution in [0.1, 0.15) is 18.4 Å². The highest BCUT2D eigenvalue weighted by Crippen LogP contribution is 2.42. The maximum absolute atomic E-state index is 13.4. The molecule has 2 atom stereocenters. The molecule has 0 fully saturated rings. The number of allylic oxidation sites excluding steroid dienone is 1. The molecule has 7 nitrogen and oxygen atoms in total. The van der Waals surface area contributed by atoms with E-state index in [1.807, 2.05) is 36.4 Å². The monoisotopic (exact) mass is 434 g/mol. The summed E-state index contributed by atoms with van der Waals surface area (Å²) in [5.74, 6) is -1.53. The maximum Gasteiger partial charge on any atom is 0.234 e. The number of primary amides is 1.